The summed E-state index contributed by atoms with van der Waals surface area (Å²) >= 11 is 1.75. The molecule has 0 aliphatic carbocycles. The topological polar surface area (TPSA) is 45.7 Å². The number of nitrogens with zero attached hydrogens (tertiary/aromatic N) is 3. The minimum atomic E-state index is -0.516. The average molecular weight is 430 g/mol. The molecule has 0 saturated heterocycles. The van der Waals surface area contributed by atoms with E-state index in [1.165, 1.54) is 4.70 Å². The van der Waals surface area contributed by atoms with Crippen molar-refractivity contribution in [2.24, 2.45) is 5.92 Å². The van der Waals surface area contributed by atoms with E-state index < -0.39 is 5.60 Å². The van der Waals surface area contributed by atoms with Gasteiger partial charge in [-0.1, -0.05) is 26.0 Å². The molecule has 164 valence electrons. The first-order valence-electron chi connectivity index (χ1n) is 10.9. The Hall–Kier alpha value is -1.92. The Labute approximate surface area is 184 Å². The fraction of sp³-hybridized carbons (Fsp3) is 0.583. The molecule has 0 fully saturated rings. The summed E-state index contributed by atoms with van der Waals surface area (Å²) in [6.45, 7) is 17.0. The normalized spacial score (nSPS) is 17.7. The number of aromatic nitrogens is 1. The van der Waals surface area contributed by atoms with E-state index in [2.05, 4.69) is 56.9 Å². The molecular formula is C24H35N3O2S. The van der Waals surface area contributed by atoms with E-state index in [1.54, 1.807) is 16.2 Å². The van der Waals surface area contributed by atoms with Crippen LogP contribution < -0.4 is 0 Å². The van der Waals surface area contributed by atoms with Crippen molar-refractivity contribution >= 4 is 33.3 Å². The predicted molar refractivity (Wildman–Crippen MR) is 126 cm³/mol. The highest BCUT2D eigenvalue weighted by molar-refractivity contribution is 7.18. The molecule has 0 unspecified atom stereocenters. The maximum absolute atomic E-state index is 12.9. The van der Waals surface area contributed by atoms with Crippen molar-refractivity contribution in [3.8, 4) is 0 Å². The SMILES string of the molecule is CCN(Cc1nc2cc(C3=CC[C@H](C)CN3C(=O)OC(C)(C)C)ccc2s1)C(C)C. The molecule has 0 spiro atoms. The van der Waals surface area contributed by atoms with Crippen LogP contribution in [0.15, 0.2) is 24.3 Å². The highest BCUT2D eigenvalue weighted by Gasteiger charge is 2.29. The average Bonchev–Trinajstić information content (AvgIpc) is 3.06. The number of rotatable bonds is 5. The van der Waals surface area contributed by atoms with Crippen LogP contribution >= 0.6 is 11.3 Å². The number of fused-ring (bicyclic) bond motifs is 1. The van der Waals surface area contributed by atoms with Crippen LogP contribution in [0.3, 0.4) is 0 Å². The van der Waals surface area contributed by atoms with Gasteiger partial charge in [0.1, 0.15) is 10.6 Å². The molecular weight excluding hydrogens is 394 g/mol. The largest absolute Gasteiger partial charge is 0.443 e. The second-order valence-electron chi connectivity index (χ2n) is 9.47. The van der Waals surface area contributed by atoms with E-state index >= 15 is 0 Å². The quantitative estimate of drug-likeness (QED) is 0.572. The molecule has 30 heavy (non-hydrogen) atoms. The summed E-state index contributed by atoms with van der Waals surface area (Å²) in [7, 11) is 0. The molecule has 0 bridgehead atoms. The first-order valence-corrected chi connectivity index (χ1v) is 11.7. The number of carbonyl (C=O) groups is 1. The van der Waals surface area contributed by atoms with Crippen molar-refractivity contribution in [3.05, 3.63) is 34.8 Å². The van der Waals surface area contributed by atoms with Crippen molar-refractivity contribution < 1.29 is 9.53 Å². The Kier molecular flexibility index (Phi) is 6.88. The Bertz CT molecular complexity index is 926. The van der Waals surface area contributed by atoms with Gasteiger partial charge in [-0.3, -0.25) is 9.80 Å². The number of ether oxygens (including phenoxy) is 1. The number of hydrogen-bond donors (Lipinski definition) is 0. The molecule has 1 aromatic carbocycles. The number of benzene rings is 1. The van der Waals surface area contributed by atoms with Crippen LogP contribution in [0.5, 0.6) is 0 Å². The number of carbonyl (C=O) groups excluding carboxylic acids is 1. The van der Waals surface area contributed by atoms with Crippen LogP contribution in [0, 0.1) is 5.92 Å². The highest BCUT2D eigenvalue weighted by Crippen LogP contribution is 2.32. The lowest BCUT2D eigenvalue weighted by molar-refractivity contribution is 0.0327. The summed E-state index contributed by atoms with van der Waals surface area (Å²) in [5.74, 6) is 0.409. The Morgan fingerprint density at radius 2 is 2.10 bits per heavy atom. The molecule has 2 aromatic rings. The zero-order valence-electron chi connectivity index (χ0n) is 19.4. The first kappa shape index (κ1) is 22.8. The number of allylic oxidation sites excluding steroid dienone is 1. The van der Waals surface area contributed by atoms with Gasteiger partial charge in [-0.05, 0) is 65.6 Å². The van der Waals surface area contributed by atoms with E-state index in [-0.39, 0.29) is 6.09 Å². The van der Waals surface area contributed by atoms with Crippen LogP contribution in [0.4, 0.5) is 4.79 Å². The van der Waals surface area contributed by atoms with Gasteiger partial charge < -0.3 is 4.74 Å². The molecule has 2 heterocycles. The monoisotopic (exact) mass is 429 g/mol. The Morgan fingerprint density at radius 1 is 1.37 bits per heavy atom. The van der Waals surface area contributed by atoms with Crippen LogP contribution in [-0.4, -0.2) is 45.6 Å². The number of hydrogen-bond acceptors (Lipinski definition) is 5. The molecule has 0 saturated carbocycles. The second-order valence-corrected chi connectivity index (χ2v) is 10.6. The highest BCUT2D eigenvalue weighted by atomic mass is 32.1. The molecule has 1 amide bonds. The number of thiazole rings is 1. The van der Waals surface area contributed by atoms with E-state index in [0.29, 0.717) is 18.5 Å². The van der Waals surface area contributed by atoms with Crippen molar-refractivity contribution in [2.45, 2.75) is 73.1 Å². The molecule has 5 nitrogen and oxygen atoms in total. The Morgan fingerprint density at radius 3 is 2.73 bits per heavy atom. The summed E-state index contributed by atoms with van der Waals surface area (Å²) in [6, 6.07) is 6.84. The van der Waals surface area contributed by atoms with Gasteiger partial charge in [-0.25, -0.2) is 9.78 Å². The van der Waals surface area contributed by atoms with E-state index in [9.17, 15) is 4.79 Å². The smallest absolute Gasteiger partial charge is 0.414 e. The van der Waals surface area contributed by atoms with Crippen LogP contribution in [0.1, 0.15) is 65.5 Å². The summed E-state index contributed by atoms with van der Waals surface area (Å²) in [5, 5.41) is 1.13. The maximum atomic E-state index is 12.9. The standard InChI is InChI=1S/C24H35N3O2S/c1-8-26(16(2)3)15-22-25-19-13-18(10-12-21(19)30-22)20-11-9-17(4)14-27(20)23(28)29-24(5,6)7/h10-13,16-17H,8-9,14-15H2,1-7H3/t17-/m0/s1. The van der Waals surface area contributed by atoms with Gasteiger partial charge in [0.2, 0.25) is 0 Å². The lowest BCUT2D eigenvalue weighted by atomic mass is 9.98. The molecule has 3 rings (SSSR count). The van der Waals surface area contributed by atoms with Gasteiger partial charge in [0.25, 0.3) is 0 Å². The van der Waals surface area contributed by atoms with Gasteiger partial charge in [0.05, 0.1) is 22.5 Å². The third-order valence-electron chi connectivity index (χ3n) is 5.31. The van der Waals surface area contributed by atoms with Gasteiger partial charge in [-0.15, -0.1) is 11.3 Å². The van der Waals surface area contributed by atoms with E-state index in [0.717, 1.165) is 41.3 Å². The van der Waals surface area contributed by atoms with Crippen LogP contribution in [0.25, 0.3) is 15.9 Å². The fourth-order valence-corrected chi connectivity index (χ4v) is 4.68. The summed E-state index contributed by atoms with van der Waals surface area (Å²) in [4.78, 5) is 22.0. The van der Waals surface area contributed by atoms with Crippen LogP contribution in [0.2, 0.25) is 0 Å². The molecule has 1 aliphatic rings. The Balaban J connectivity index is 1.89. The van der Waals surface area contributed by atoms with Gasteiger partial charge >= 0.3 is 6.09 Å². The zero-order valence-corrected chi connectivity index (χ0v) is 20.2. The van der Waals surface area contributed by atoms with Crippen molar-refractivity contribution in [2.75, 3.05) is 13.1 Å². The molecule has 1 aromatic heterocycles. The van der Waals surface area contributed by atoms with Crippen molar-refractivity contribution in [1.29, 1.82) is 0 Å². The lowest BCUT2D eigenvalue weighted by Gasteiger charge is -2.33. The third kappa shape index (κ3) is 5.41. The fourth-order valence-electron chi connectivity index (χ4n) is 3.71. The van der Waals surface area contributed by atoms with Gasteiger partial charge in [-0.2, -0.15) is 0 Å². The minimum Gasteiger partial charge on any atom is -0.443 e. The van der Waals surface area contributed by atoms with Crippen molar-refractivity contribution in [3.63, 3.8) is 0 Å². The minimum absolute atomic E-state index is 0.283. The summed E-state index contributed by atoms with van der Waals surface area (Å²) < 4.78 is 6.86. The zero-order chi connectivity index (χ0) is 22.1. The summed E-state index contributed by atoms with van der Waals surface area (Å²) in [5.41, 5.74) is 2.43. The van der Waals surface area contributed by atoms with Gasteiger partial charge in [0, 0.05) is 18.2 Å². The van der Waals surface area contributed by atoms with Crippen LogP contribution in [-0.2, 0) is 11.3 Å². The predicted octanol–water partition coefficient (Wildman–Crippen LogP) is 6.14. The second kappa shape index (κ2) is 9.06. The number of amides is 1. The maximum Gasteiger partial charge on any atom is 0.414 e. The third-order valence-corrected chi connectivity index (χ3v) is 6.34. The van der Waals surface area contributed by atoms with Crippen molar-refractivity contribution in [1.82, 2.24) is 14.8 Å². The lowest BCUT2D eigenvalue weighted by Crippen LogP contribution is -2.39. The molecule has 1 aliphatic heterocycles. The first-order chi connectivity index (χ1) is 14.1. The van der Waals surface area contributed by atoms with E-state index in [1.807, 2.05) is 20.8 Å². The summed E-state index contributed by atoms with van der Waals surface area (Å²) in [6.07, 6.45) is 2.83. The molecule has 1 atom stereocenters. The molecule has 0 N–H and O–H groups in total. The van der Waals surface area contributed by atoms with E-state index in [4.69, 9.17) is 9.72 Å². The molecule has 6 heteroatoms. The molecule has 0 radical (unpaired) electrons. The van der Waals surface area contributed by atoms with Gasteiger partial charge in [0.15, 0.2) is 0 Å².